The first kappa shape index (κ1) is 8.35. The fourth-order valence-corrected chi connectivity index (χ4v) is 0.257. The van der Waals surface area contributed by atoms with Crippen LogP contribution in [-0.4, -0.2) is 40.1 Å². The lowest BCUT2D eigenvalue weighted by Crippen LogP contribution is -2.44. The van der Waals surface area contributed by atoms with E-state index >= 15 is 0 Å². The first-order valence-electron chi connectivity index (χ1n) is 2.27. The summed E-state index contributed by atoms with van der Waals surface area (Å²) < 4.78 is 0. The minimum atomic E-state index is -2.00. The van der Waals surface area contributed by atoms with Crippen molar-refractivity contribution in [3.8, 4) is 0 Å². The molecule has 5 heteroatoms. The second kappa shape index (κ2) is 3.39. The van der Waals surface area contributed by atoms with Crippen molar-refractivity contribution >= 4 is 5.97 Å². The Balaban J connectivity index is 3.72. The highest BCUT2D eigenvalue weighted by Gasteiger charge is 2.14. The molecule has 0 saturated heterocycles. The molecule has 0 aromatic rings. The van der Waals surface area contributed by atoms with Crippen LogP contribution in [0.15, 0.2) is 0 Å². The Morgan fingerprint density at radius 3 is 2.11 bits per heavy atom. The molecule has 0 radical (unpaired) electrons. The molecule has 0 aromatic heterocycles. The minimum absolute atomic E-state index is 0.796. The number of aliphatic hydroxyl groups is 3. The fourth-order valence-electron chi connectivity index (χ4n) is 0.257. The predicted molar refractivity (Wildman–Crippen MR) is 24.1 cm³/mol. The molecular weight excluding hydrogens is 128 g/mol. The number of rotatable bonds is 3. The summed E-state index contributed by atoms with van der Waals surface area (Å²) >= 11 is 0. The average molecular weight is 135 g/mol. The summed E-state index contributed by atoms with van der Waals surface area (Å²) in [4.78, 5) is 9.67. The molecule has 0 aliphatic rings. The number of aliphatic hydroxyl groups excluding tert-OH is 3. The van der Waals surface area contributed by atoms with Gasteiger partial charge in [-0.25, -0.2) is 0 Å². The van der Waals surface area contributed by atoms with Crippen LogP contribution in [0.3, 0.4) is 0 Å². The average Bonchev–Trinajstić information content (AvgIpc) is 1.84. The quantitative estimate of drug-likeness (QED) is 0.372. The first-order valence-corrected chi connectivity index (χ1v) is 2.27. The summed E-state index contributed by atoms with van der Waals surface area (Å²) in [6.45, 7) is -0.796. The van der Waals surface area contributed by atoms with E-state index in [1.165, 1.54) is 0 Å². The fraction of sp³-hybridized carbons (Fsp3) is 0.750. The highest BCUT2D eigenvalue weighted by molar-refractivity contribution is 5.70. The molecule has 0 rings (SSSR count). The summed E-state index contributed by atoms with van der Waals surface area (Å²) in [6, 6.07) is 0. The van der Waals surface area contributed by atoms with E-state index in [0.29, 0.717) is 0 Å². The SMILES string of the molecule is O=C([O-])[C@H](O)[C@H](O)CO. The van der Waals surface area contributed by atoms with E-state index in [9.17, 15) is 9.90 Å². The molecule has 3 N–H and O–H groups in total. The van der Waals surface area contributed by atoms with Crippen LogP contribution in [0.25, 0.3) is 0 Å². The molecule has 0 saturated carbocycles. The predicted octanol–water partition coefficient (Wildman–Crippen LogP) is -3.55. The Morgan fingerprint density at radius 2 is 2.00 bits per heavy atom. The van der Waals surface area contributed by atoms with Gasteiger partial charge >= 0.3 is 0 Å². The van der Waals surface area contributed by atoms with Gasteiger partial charge in [0.25, 0.3) is 0 Å². The van der Waals surface area contributed by atoms with Gasteiger partial charge in [-0.2, -0.15) is 0 Å². The van der Waals surface area contributed by atoms with E-state index in [4.69, 9.17) is 15.3 Å². The minimum Gasteiger partial charge on any atom is -0.547 e. The molecule has 0 spiro atoms. The van der Waals surface area contributed by atoms with E-state index in [2.05, 4.69) is 0 Å². The monoisotopic (exact) mass is 135 g/mol. The van der Waals surface area contributed by atoms with Crippen LogP contribution in [-0.2, 0) is 4.79 Å². The number of hydrogen-bond donors (Lipinski definition) is 3. The first-order chi connectivity index (χ1) is 4.09. The van der Waals surface area contributed by atoms with Crippen molar-refractivity contribution in [1.82, 2.24) is 0 Å². The van der Waals surface area contributed by atoms with Gasteiger partial charge < -0.3 is 25.2 Å². The second-order valence-electron chi connectivity index (χ2n) is 1.51. The van der Waals surface area contributed by atoms with Crippen molar-refractivity contribution in [1.29, 1.82) is 0 Å². The van der Waals surface area contributed by atoms with Crippen LogP contribution in [0.1, 0.15) is 0 Å². The molecule has 5 nitrogen and oxygen atoms in total. The largest absolute Gasteiger partial charge is 0.547 e. The number of aliphatic carboxylic acids is 1. The van der Waals surface area contributed by atoms with Crippen LogP contribution >= 0.6 is 0 Å². The van der Waals surface area contributed by atoms with Gasteiger partial charge in [-0.1, -0.05) is 0 Å². The maximum Gasteiger partial charge on any atom is 0.121 e. The Kier molecular flexibility index (Phi) is 3.15. The van der Waals surface area contributed by atoms with Crippen molar-refractivity contribution in [2.24, 2.45) is 0 Å². The highest BCUT2D eigenvalue weighted by Crippen LogP contribution is 1.88. The van der Waals surface area contributed by atoms with Crippen molar-refractivity contribution in [3.63, 3.8) is 0 Å². The summed E-state index contributed by atoms with van der Waals surface area (Å²) in [5.41, 5.74) is 0. The van der Waals surface area contributed by atoms with Crippen molar-refractivity contribution < 1.29 is 25.2 Å². The van der Waals surface area contributed by atoms with Crippen molar-refractivity contribution in [2.45, 2.75) is 12.2 Å². The van der Waals surface area contributed by atoms with Crippen molar-refractivity contribution in [2.75, 3.05) is 6.61 Å². The van der Waals surface area contributed by atoms with E-state index < -0.39 is 24.8 Å². The summed E-state index contributed by atoms with van der Waals surface area (Å²) in [5.74, 6) is -1.79. The lowest BCUT2D eigenvalue weighted by molar-refractivity contribution is -0.318. The summed E-state index contributed by atoms with van der Waals surface area (Å²) in [6.07, 6.45) is -3.66. The van der Waals surface area contributed by atoms with Gasteiger partial charge in [-0.3, -0.25) is 0 Å². The number of carboxylic acids is 1. The van der Waals surface area contributed by atoms with Gasteiger partial charge in [-0.05, 0) is 0 Å². The lowest BCUT2D eigenvalue weighted by Gasteiger charge is -2.15. The number of carbonyl (C=O) groups excluding carboxylic acids is 1. The van der Waals surface area contributed by atoms with Crippen LogP contribution in [0.2, 0.25) is 0 Å². The van der Waals surface area contributed by atoms with Gasteiger partial charge in [0.05, 0.1) is 12.6 Å². The molecule has 0 aliphatic carbocycles. The molecular formula is C4H7O5-. The molecule has 0 heterocycles. The zero-order chi connectivity index (χ0) is 7.44. The Labute approximate surface area is 51.2 Å². The van der Waals surface area contributed by atoms with Gasteiger partial charge in [0, 0.05) is 0 Å². The van der Waals surface area contributed by atoms with Crippen LogP contribution in [0.5, 0.6) is 0 Å². The molecule has 0 unspecified atom stereocenters. The van der Waals surface area contributed by atoms with Crippen molar-refractivity contribution in [3.05, 3.63) is 0 Å². The molecule has 0 aliphatic heterocycles. The Morgan fingerprint density at radius 1 is 1.56 bits per heavy atom. The second-order valence-corrected chi connectivity index (χ2v) is 1.51. The standard InChI is InChI=1S/C4H8O5/c5-1-2(6)3(7)4(8)9/h2-3,5-7H,1H2,(H,8,9)/p-1/t2-,3-/m1/s1. The van der Waals surface area contributed by atoms with E-state index in [-0.39, 0.29) is 0 Å². The molecule has 0 aromatic carbocycles. The van der Waals surface area contributed by atoms with Gasteiger partial charge in [0.2, 0.25) is 0 Å². The van der Waals surface area contributed by atoms with Crippen LogP contribution in [0.4, 0.5) is 0 Å². The zero-order valence-corrected chi connectivity index (χ0v) is 4.52. The number of carbonyl (C=O) groups is 1. The molecule has 0 bridgehead atoms. The summed E-state index contributed by atoms with van der Waals surface area (Å²) in [5, 5.41) is 34.4. The summed E-state index contributed by atoms with van der Waals surface area (Å²) in [7, 11) is 0. The normalized spacial score (nSPS) is 16.8. The smallest absolute Gasteiger partial charge is 0.121 e. The Hall–Kier alpha value is -0.650. The third-order valence-corrected chi connectivity index (χ3v) is 0.793. The van der Waals surface area contributed by atoms with E-state index in [1.807, 2.05) is 0 Å². The number of hydrogen-bond acceptors (Lipinski definition) is 5. The lowest BCUT2D eigenvalue weighted by atomic mass is 10.2. The van der Waals surface area contributed by atoms with Crippen LogP contribution < -0.4 is 5.11 Å². The molecule has 9 heavy (non-hydrogen) atoms. The molecule has 0 amide bonds. The third kappa shape index (κ3) is 2.41. The van der Waals surface area contributed by atoms with Gasteiger partial charge in [0.15, 0.2) is 0 Å². The molecule has 2 atom stereocenters. The maximum absolute atomic E-state index is 9.67. The zero-order valence-electron chi connectivity index (χ0n) is 4.52. The highest BCUT2D eigenvalue weighted by atomic mass is 16.4. The Bertz CT molecular complexity index is 101. The molecule has 54 valence electrons. The third-order valence-electron chi connectivity index (χ3n) is 0.793. The van der Waals surface area contributed by atoms with Gasteiger partial charge in [-0.15, -0.1) is 0 Å². The topological polar surface area (TPSA) is 101 Å². The molecule has 0 fully saturated rings. The van der Waals surface area contributed by atoms with E-state index in [1.54, 1.807) is 0 Å². The maximum atomic E-state index is 9.67. The van der Waals surface area contributed by atoms with Crippen LogP contribution in [0, 0.1) is 0 Å². The van der Waals surface area contributed by atoms with E-state index in [0.717, 1.165) is 0 Å². The number of carboxylic acid groups (broad SMARTS) is 1. The van der Waals surface area contributed by atoms with Gasteiger partial charge in [0.1, 0.15) is 12.2 Å².